The largest absolute Gasteiger partial charge is 0.497 e. The predicted octanol–water partition coefficient (Wildman–Crippen LogP) is 2.74. The highest BCUT2D eigenvalue weighted by Crippen LogP contribution is 2.33. The van der Waals surface area contributed by atoms with E-state index in [0.29, 0.717) is 31.0 Å². The van der Waals surface area contributed by atoms with Gasteiger partial charge in [0.05, 0.1) is 37.6 Å². The third-order valence-corrected chi connectivity index (χ3v) is 5.08. The van der Waals surface area contributed by atoms with E-state index in [4.69, 9.17) is 9.47 Å². The fraction of sp³-hybridized carbons (Fsp3) is 0.273. The van der Waals surface area contributed by atoms with Gasteiger partial charge in [0.25, 0.3) is 5.91 Å². The van der Waals surface area contributed by atoms with Gasteiger partial charge in [-0.05, 0) is 42.3 Å². The van der Waals surface area contributed by atoms with Crippen LogP contribution < -0.4 is 20.1 Å². The molecule has 29 heavy (non-hydrogen) atoms. The normalized spacial score (nSPS) is 18.3. The molecule has 2 heterocycles. The molecule has 3 amide bonds. The molecule has 150 valence electrons. The van der Waals surface area contributed by atoms with Crippen LogP contribution >= 0.6 is 0 Å². The Morgan fingerprint density at radius 1 is 1.03 bits per heavy atom. The van der Waals surface area contributed by atoms with Crippen LogP contribution in [-0.2, 0) is 11.3 Å². The molecular weight excluding hydrogens is 370 g/mol. The van der Waals surface area contributed by atoms with Gasteiger partial charge in [-0.15, -0.1) is 0 Å². The summed E-state index contributed by atoms with van der Waals surface area (Å²) in [6.07, 6.45) is 0. The number of carbonyl (C=O) groups is 2. The highest BCUT2D eigenvalue weighted by atomic mass is 16.5. The number of carbonyl (C=O) groups excluding carboxylic acids is 2. The Kier molecular flexibility index (Phi) is 5.12. The smallest absolute Gasteiger partial charge is 0.319 e. The molecule has 2 aromatic carbocycles. The van der Waals surface area contributed by atoms with E-state index in [1.165, 1.54) is 0 Å². The molecule has 2 N–H and O–H groups in total. The topological polar surface area (TPSA) is 79.9 Å². The minimum Gasteiger partial charge on any atom is -0.497 e. The fourth-order valence-electron chi connectivity index (χ4n) is 3.68. The van der Waals surface area contributed by atoms with Crippen molar-refractivity contribution in [3.8, 4) is 11.5 Å². The maximum absolute atomic E-state index is 13.2. The molecule has 0 aliphatic carbocycles. The zero-order valence-electron chi connectivity index (χ0n) is 16.4. The van der Waals surface area contributed by atoms with Gasteiger partial charge in [-0.25, -0.2) is 4.79 Å². The molecular formula is C22H23N3O4. The van der Waals surface area contributed by atoms with Crippen LogP contribution in [0.15, 0.2) is 59.8 Å². The third kappa shape index (κ3) is 3.76. The van der Waals surface area contributed by atoms with Crippen LogP contribution in [0, 0.1) is 0 Å². The molecule has 4 rings (SSSR count). The van der Waals surface area contributed by atoms with E-state index in [2.05, 4.69) is 10.6 Å². The van der Waals surface area contributed by atoms with E-state index in [1.54, 1.807) is 12.0 Å². The molecule has 7 heteroatoms. The maximum atomic E-state index is 13.2. The fourth-order valence-corrected chi connectivity index (χ4v) is 3.68. The SMILES string of the molecule is CCOc1ccc([C@@H]2NC(=O)NC3=C2C(=O)N(Cc2ccc(OC)cc2)C3)cc1. The molecule has 0 aromatic heterocycles. The Morgan fingerprint density at radius 2 is 1.72 bits per heavy atom. The molecule has 0 spiro atoms. The molecule has 0 unspecified atom stereocenters. The summed E-state index contributed by atoms with van der Waals surface area (Å²) < 4.78 is 10.7. The standard InChI is InChI=1S/C22H23N3O4/c1-3-29-17-10-6-15(7-11-17)20-19-18(23-22(27)24-20)13-25(21(19)26)12-14-4-8-16(28-2)9-5-14/h4-11,20H,3,12-13H2,1-2H3,(H2,23,24,27)/t20-/m0/s1. The molecule has 0 radical (unpaired) electrons. The van der Waals surface area contributed by atoms with Gasteiger partial charge < -0.3 is 25.0 Å². The highest BCUT2D eigenvalue weighted by Gasteiger charge is 2.40. The minimum absolute atomic E-state index is 0.0813. The van der Waals surface area contributed by atoms with Crippen LogP contribution in [0.4, 0.5) is 4.79 Å². The van der Waals surface area contributed by atoms with E-state index >= 15 is 0 Å². The first-order valence-corrected chi connectivity index (χ1v) is 9.54. The van der Waals surface area contributed by atoms with Crippen LogP contribution in [0.1, 0.15) is 24.1 Å². The first-order chi connectivity index (χ1) is 14.1. The highest BCUT2D eigenvalue weighted by molar-refractivity contribution is 6.01. The van der Waals surface area contributed by atoms with E-state index < -0.39 is 6.04 Å². The number of amides is 3. The average Bonchev–Trinajstić information content (AvgIpc) is 3.04. The number of ether oxygens (including phenoxy) is 2. The summed E-state index contributed by atoms with van der Waals surface area (Å²) >= 11 is 0. The van der Waals surface area contributed by atoms with Gasteiger partial charge in [0, 0.05) is 6.54 Å². The van der Waals surface area contributed by atoms with Gasteiger partial charge in [-0.2, -0.15) is 0 Å². The van der Waals surface area contributed by atoms with Crippen molar-refractivity contribution in [3.05, 3.63) is 70.9 Å². The zero-order chi connectivity index (χ0) is 20.4. The van der Waals surface area contributed by atoms with Crippen molar-refractivity contribution in [1.82, 2.24) is 15.5 Å². The summed E-state index contributed by atoms with van der Waals surface area (Å²) in [5.74, 6) is 1.44. The van der Waals surface area contributed by atoms with Crippen molar-refractivity contribution in [2.45, 2.75) is 19.5 Å². The second-order valence-electron chi connectivity index (χ2n) is 6.94. The van der Waals surface area contributed by atoms with Crippen molar-refractivity contribution in [1.29, 1.82) is 0 Å². The number of rotatable bonds is 6. The number of hydrogen-bond donors (Lipinski definition) is 2. The molecule has 2 aliphatic heterocycles. The number of benzene rings is 2. The van der Waals surface area contributed by atoms with E-state index in [9.17, 15) is 9.59 Å². The minimum atomic E-state index is -0.484. The lowest BCUT2D eigenvalue weighted by atomic mass is 9.96. The first kappa shape index (κ1) is 18.9. The van der Waals surface area contributed by atoms with Crippen molar-refractivity contribution >= 4 is 11.9 Å². The summed E-state index contributed by atoms with van der Waals surface area (Å²) in [7, 11) is 1.62. The number of nitrogens with one attached hydrogen (secondary N) is 2. The summed E-state index contributed by atoms with van der Waals surface area (Å²) in [6.45, 7) is 3.34. The van der Waals surface area contributed by atoms with Crippen LogP contribution in [0.25, 0.3) is 0 Å². The number of methoxy groups -OCH3 is 1. The number of urea groups is 1. The molecule has 0 fully saturated rings. The summed E-state index contributed by atoms with van der Waals surface area (Å²) in [5, 5.41) is 5.67. The Morgan fingerprint density at radius 3 is 2.38 bits per heavy atom. The molecule has 0 bridgehead atoms. The van der Waals surface area contributed by atoms with Gasteiger partial charge in [-0.3, -0.25) is 4.79 Å². The first-order valence-electron chi connectivity index (χ1n) is 9.54. The van der Waals surface area contributed by atoms with E-state index in [0.717, 1.165) is 22.6 Å². The van der Waals surface area contributed by atoms with Crippen molar-refractivity contribution in [2.75, 3.05) is 20.3 Å². The van der Waals surface area contributed by atoms with Gasteiger partial charge in [0.1, 0.15) is 11.5 Å². The van der Waals surface area contributed by atoms with Crippen LogP contribution in [0.3, 0.4) is 0 Å². The van der Waals surface area contributed by atoms with Gasteiger partial charge in [0.2, 0.25) is 0 Å². The van der Waals surface area contributed by atoms with Crippen LogP contribution in [-0.4, -0.2) is 37.1 Å². The Bertz CT molecular complexity index is 951. The quantitative estimate of drug-likeness (QED) is 0.791. The molecule has 7 nitrogen and oxygen atoms in total. The lowest BCUT2D eigenvalue weighted by molar-refractivity contribution is -0.126. The van der Waals surface area contributed by atoms with E-state index in [1.807, 2.05) is 55.5 Å². The molecule has 2 aliphatic rings. The van der Waals surface area contributed by atoms with Gasteiger partial charge in [-0.1, -0.05) is 24.3 Å². The van der Waals surface area contributed by atoms with E-state index in [-0.39, 0.29) is 11.9 Å². The molecule has 2 aromatic rings. The molecule has 0 saturated heterocycles. The Hall–Kier alpha value is -3.48. The maximum Gasteiger partial charge on any atom is 0.319 e. The molecule has 0 saturated carbocycles. The van der Waals surface area contributed by atoms with Crippen LogP contribution in [0.5, 0.6) is 11.5 Å². The monoisotopic (exact) mass is 393 g/mol. The second-order valence-corrected chi connectivity index (χ2v) is 6.94. The average molecular weight is 393 g/mol. The Balaban J connectivity index is 1.55. The lowest BCUT2D eigenvalue weighted by Gasteiger charge is -2.25. The lowest BCUT2D eigenvalue weighted by Crippen LogP contribution is -2.44. The van der Waals surface area contributed by atoms with Crippen molar-refractivity contribution in [3.63, 3.8) is 0 Å². The Labute approximate surface area is 169 Å². The number of hydrogen-bond acceptors (Lipinski definition) is 4. The zero-order valence-corrected chi connectivity index (χ0v) is 16.4. The summed E-state index contributed by atoms with van der Waals surface area (Å²) in [6, 6.07) is 14.3. The summed E-state index contributed by atoms with van der Waals surface area (Å²) in [5.41, 5.74) is 3.08. The second kappa shape index (κ2) is 7.87. The van der Waals surface area contributed by atoms with Crippen LogP contribution in [0.2, 0.25) is 0 Å². The third-order valence-electron chi connectivity index (χ3n) is 5.08. The molecule has 1 atom stereocenters. The summed E-state index contributed by atoms with van der Waals surface area (Å²) in [4.78, 5) is 27.1. The predicted molar refractivity (Wildman–Crippen MR) is 107 cm³/mol. The van der Waals surface area contributed by atoms with Crippen molar-refractivity contribution in [2.24, 2.45) is 0 Å². The van der Waals surface area contributed by atoms with Crippen molar-refractivity contribution < 1.29 is 19.1 Å². The number of nitrogens with zero attached hydrogens (tertiary/aromatic N) is 1. The van der Waals surface area contributed by atoms with Gasteiger partial charge >= 0.3 is 6.03 Å². The van der Waals surface area contributed by atoms with Gasteiger partial charge in [0.15, 0.2) is 0 Å².